The van der Waals surface area contributed by atoms with Gasteiger partial charge in [0.05, 0.1) is 0 Å². The van der Waals surface area contributed by atoms with Crippen molar-refractivity contribution >= 4 is 0 Å². The van der Waals surface area contributed by atoms with Crippen LogP contribution in [0.3, 0.4) is 0 Å². The number of rotatable bonds is 1. The van der Waals surface area contributed by atoms with Crippen LogP contribution in [0.5, 0.6) is 0 Å². The minimum Gasteiger partial charge on any atom is -0.265 e. The third-order valence-electron chi connectivity index (χ3n) is 0.444. The highest BCUT2D eigenvalue weighted by atomic mass is 19.3. The van der Waals surface area contributed by atoms with Crippen molar-refractivity contribution in [1.82, 2.24) is 0 Å². The zero-order valence-electron chi connectivity index (χ0n) is 3.67. The van der Waals surface area contributed by atoms with Crippen LogP contribution in [0.25, 0.3) is 0 Å². The first-order chi connectivity index (χ1) is 3.25. The Balaban J connectivity index is 4.02. The van der Waals surface area contributed by atoms with Crippen LogP contribution in [0.15, 0.2) is 0 Å². The fourth-order valence-corrected chi connectivity index (χ4v) is 0. The van der Waals surface area contributed by atoms with Crippen molar-refractivity contribution in [2.75, 3.05) is 0 Å². The van der Waals surface area contributed by atoms with E-state index < -0.39 is 12.1 Å². The summed E-state index contributed by atoms with van der Waals surface area (Å²) in [7, 11) is 0. The van der Waals surface area contributed by atoms with Gasteiger partial charge in [0.2, 0.25) is 0 Å². The molecule has 8 heavy (non-hydrogen) atoms. The summed E-state index contributed by atoms with van der Waals surface area (Å²) in [5, 5.41) is 0. The molecule has 6 heteroatoms. The molecule has 4 N–H and O–H groups in total. The molecule has 0 radical (unpaired) electrons. The largest absolute Gasteiger partial charge is 0.377 e. The standard InChI is InChI=1S/C2H4F4N2/c3-1(4,7)2(5,6)8/h7-8H2. The maximum atomic E-state index is 11.1. The molecule has 0 aromatic heterocycles. The fourth-order valence-electron chi connectivity index (χ4n) is 0. The van der Waals surface area contributed by atoms with E-state index in [0.717, 1.165) is 0 Å². The van der Waals surface area contributed by atoms with Gasteiger partial charge in [-0.15, -0.1) is 0 Å². The van der Waals surface area contributed by atoms with Gasteiger partial charge in [0.1, 0.15) is 0 Å². The lowest BCUT2D eigenvalue weighted by atomic mass is 10.5. The van der Waals surface area contributed by atoms with Gasteiger partial charge in [-0.25, -0.2) is 0 Å². The van der Waals surface area contributed by atoms with Gasteiger partial charge < -0.3 is 0 Å². The van der Waals surface area contributed by atoms with Gasteiger partial charge in [-0.2, -0.15) is 17.6 Å². The molecule has 0 fully saturated rings. The molecule has 50 valence electrons. The van der Waals surface area contributed by atoms with E-state index in [4.69, 9.17) is 0 Å². The van der Waals surface area contributed by atoms with Crippen LogP contribution in [0.4, 0.5) is 17.6 Å². The average Bonchev–Trinajstić information content (AvgIpc) is 1.25. The smallest absolute Gasteiger partial charge is 0.265 e. The summed E-state index contributed by atoms with van der Waals surface area (Å²) < 4.78 is 44.5. The monoisotopic (exact) mass is 132 g/mol. The molecule has 0 unspecified atom stereocenters. The third kappa shape index (κ3) is 1.63. The molecule has 0 saturated carbocycles. The summed E-state index contributed by atoms with van der Waals surface area (Å²) in [5.41, 5.74) is 7.21. The van der Waals surface area contributed by atoms with Crippen molar-refractivity contribution in [2.45, 2.75) is 12.1 Å². The van der Waals surface area contributed by atoms with Crippen LogP contribution >= 0.6 is 0 Å². The van der Waals surface area contributed by atoms with Crippen molar-refractivity contribution in [3.63, 3.8) is 0 Å². The summed E-state index contributed by atoms with van der Waals surface area (Å²) in [6.45, 7) is 0. The summed E-state index contributed by atoms with van der Waals surface area (Å²) in [5.74, 6) is 0. The van der Waals surface area contributed by atoms with Gasteiger partial charge in [-0.1, -0.05) is 0 Å². The third-order valence-corrected chi connectivity index (χ3v) is 0.444. The predicted octanol–water partition coefficient (Wildman–Crippen LogP) is 0.0894. The Morgan fingerprint density at radius 1 is 0.750 bits per heavy atom. The molecule has 0 aromatic rings. The van der Waals surface area contributed by atoms with E-state index in [1.54, 1.807) is 0 Å². The summed E-state index contributed by atoms with van der Waals surface area (Å²) in [4.78, 5) is 0. The van der Waals surface area contributed by atoms with E-state index in [9.17, 15) is 17.6 Å². The zero-order valence-corrected chi connectivity index (χ0v) is 3.67. The first-order valence-electron chi connectivity index (χ1n) is 1.58. The summed E-state index contributed by atoms with van der Waals surface area (Å²) in [6, 6.07) is -9.24. The Labute approximate surface area is 42.4 Å². The first-order valence-corrected chi connectivity index (χ1v) is 1.58. The van der Waals surface area contributed by atoms with E-state index in [1.807, 2.05) is 0 Å². The van der Waals surface area contributed by atoms with Crippen LogP contribution in [0, 0.1) is 0 Å². The Bertz CT molecular complexity index is 67.0. The highest BCUT2D eigenvalue weighted by Gasteiger charge is 2.49. The molecule has 0 spiro atoms. The van der Waals surface area contributed by atoms with Crippen LogP contribution in [-0.2, 0) is 0 Å². The lowest BCUT2D eigenvalue weighted by Crippen LogP contribution is -2.54. The lowest BCUT2D eigenvalue weighted by Gasteiger charge is -2.16. The van der Waals surface area contributed by atoms with E-state index in [-0.39, 0.29) is 0 Å². The molecular formula is C2H4F4N2. The summed E-state index contributed by atoms with van der Waals surface area (Å²) >= 11 is 0. The first kappa shape index (κ1) is 7.64. The number of hydrogen-bond acceptors (Lipinski definition) is 2. The number of hydrogen-bond donors (Lipinski definition) is 2. The Kier molecular flexibility index (Phi) is 1.49. The molecule has 0 amide bonds. The molecule has 0 aliphatic rings. The van der Waals surface area contributed by atoms with Crippen molar-refractivity contribution in [2.24, 2.45) is 11.5 Å². The van der Waals surface area contributed by atoms with E-state index >= 15 is 0 Å². The molecule has 2 nitrogen and oxygen atoms in total. The molecule has 0 atom stereocenters. The molecule has 0 aliphatic carbocycles. The molecule has 0 heterocycles. The maximum Gasteiger partial charge on any atom is 0.377 e. The van der Waals surface area contributed by atoms with E-state index in [2.05, 4.69) is 11.5 Å². The molecular weight excluding hydrogens is 128 g/mol. The minimum absolute atomic E-state index is 3.60. The fraction of sp³-hybridized carbons (Fsp3) is 1.00. The highest BCUT2D eigenvalue weighted by molar-refractivity contribution is 4.70. The van der Waals surface area contributed by atoms with Gasteiger partial charge in [-0.05, 0) is 0 Å². The second kappa shape index (κ2) is 1.56. The molecule has 0 aliphatic heterocycles. The Morgan fingerprint density at radius 3 is 0.875 bits per heavy atom. The van der Waals surface area contributed by atoms with Gasteiger partial charge in [0, 0.05) is 0 Å². The molecule has 0 aromatic carbocycles. The highest BCUT2D eigenvalue weighted by Crippen LogP contribution is 2.22. The van der Waals surface area contributed by atoms with E-state index in [1.165, 1.54) is 0 Å². The quantitative estimate of drug-likeness (QED) is 0.392. The van der Waals surface area contributed by atoms with Crippen molar-refractivity contribution in [1.29, 1.82) is 0 Å². The Morgan fingerprint density at radius 2 is 0.875 bits per heavy atom. The van der Waals surface area contributed by atoms with Gasteiger partial charge in [0.15, 0.2) is 0 Å². The van der Waals surface area contributed by atoms with Crippen LogP contribution in [0.1, 0.15) is 0 Å². The van der Waals surface area contributed by atoms with Crippen LogP contribution in [0.2, 0.25) is 0 Å². The maximum absolute atomic E-state index is 11.1. The van der Waals surface area contributed by atoms with Crippen molar-refractivity contribution in [3.8, 4) is 0 Å². The van der Waals surface area contributed by atoms with Crippen LogP contribution in [-0.4, -0.2) is 12.1 Å². The molecule has 0 rings (SSSR count). The van der Waals surface area contributed by atoms with E-state index in [0.29, 0.717) is 0 Å². The lowest BCUT2D eigenvalue weighted by molar-refractivity contribution is -0.201. The topological polar surface area (TPSA) is 52.0 Å². The minimum atomic E-state index is -4.62. The number of halogens is 4. The molecule has 0 saturated heterocycles. The zero-order chi connectivity index (χ0) is 7.00. The SMILES string of the molecule is NC(F)(F)C(N)(F)F. The summed E-state index contributed by atoms with van der Waals surface area (Å²) in [6.07, 6.45) is 0. The van der Waals surface area contributed by atoms with Gasteiger partial charge in [-0.3, -0.25) is 11.5 Å². The van der Waals surface area contributed by atoms with Crippen molar-refractivity contribution in [3.05, 3.63) is 0 Å². The Hall–Kier alpha value is -0.360. The number of alkyl halides is 4. The molecule has 0 bridgehead atoms. The average molecular weight is 132 g/mol. The van der Waals surface area contributed by atoms with Crippen LogP contribution < -0.4 is 11.5 Å². The second-order valence-corrected chi connectivity index (χ2v) is 1.25. The normalized spacial score (nSPS) is 14.2. The van der Waals surface area contributed by atoms with Crippen molar-refractivity contribution < 1.29 is 17.6 Å². The predicted molar refractivity (Wildman–Crippen MR) is 18.3 cm³/mol. The van der Waals surface area contributed by atoms with Gasteiger partial charge >= 0.3 is 12.1 Å². The number of nitrogens with two attached hydrogens (primary N) is 2. The van der Waals surface area contributed by atoms with Gasteiger partial charge in [0.25, 0.3) is 0 Å². The second-order valence-electron chi connectivity index (χ2n) is 1.25.